The second-order valence-corrected chi connectivity index (χ2v) is 6.45. The zero-order chi connectivity index (χ0) is 21.6. The van der Waals surface area contributed by atoms with E-state index in [2.05, 4.69) is 12.2 Å². The van der Waals surface area contributed by atoms with E-state index in [4.69, 9.17) is 19.9 Å². The predicted molar refractivity (Wildman–Crippen MR) is 108 cm³/mol. The number of hydrogen-bond donors (Lipinski definition) is 2. The third-order valence-electron chi connectivity index (χ3n) is 4.05. The largest absolute Gasteiger partial charge is 0.467 e. The van der Waals surface area contributed by atoms with E-state index in [1.807, 2.05) is 0 Å². The number of unbranched alkanes of at least 4 members (excludes halogenated alkanes) is 2. The van der Waals surface area contributed by atoms with Gasteiger partial charge in [-0.25, -0.2) is 9.59 Å². The first-order valence-electron chi connectivity index (χ1n) is 10.0. The third-order valence-corrected chi connectivity index (χ3v) is 4.05. The summed E-state index contributed by atoms with van der Waals surface area (Å²) in [5.41, 5.74) is 6.79. The number of rotatable bonds is 13. The van der Waals surface area contributed by atoms with Crippen molar-refractivity contribution in [2.75, 3.05) is 19.8 Å². The van der Waals surface area contributed by atoms with Crippen molar-refractivity contribution in [1.82, 2.24) is 5.32 Å². The van der Waals surface area contributed by atoms with Crippen LogP contribution in [-0.2, 0) is 30.3 Å². The van der Waals surface area contributed by atoms with Gasteiger partial charge in [0.1, 0.15) is 5.75 Å². The van der Waals surface area contributed by atoms with E-state index in [-0.39, 0.29) is 19.1 Å². The maximum absolute atomic E-state index is 12.0. The predicted octanol–water partition coefficient (Wildman–Crippen LogP) is 1.74. The second kappa shape index (κ2) is 13.5. The van der Waals surface area contributed by atoms with E-state index in [0.29, 0.717) is 18.7 Å². The highest BCUT2D eigenvalue weighted by molar-refractivity contribution is 5.98. The molecule has 162 valence electrons. The van der Waals surface area contributed by atoms with Crippen molar-refractivity contribution >= 4 is 17.8 Å². The number of carbonyl (C=O) groups is 3. The Morgan fingerprint density at radius 3 is 2.07 bits per heavy atom. The number of ether oxygens (including phenoxy) is 3. The lowest BCUT2D eigenvalue weighted by molar-refractivity contribution is -0.166. The summed E-state index contributed by atoms with van der Waals surface area (Å²) >= 11 is 0. The molecular formula is C21H32N2O6. The van der Waals surface area contributed by atoms with Gasteiger partial charge < -0.3 is 25.3 Å². The topological polar surface area (TPSA) is 117 Å². The van der Waals surface area contributed by atoms with Gasteiger partial charge in [0.25, 0.3) is 6.10 Å². The minimum absolute atomic E-state index is 0.120. The monoisotopic (exact) mass is 408 g/mol. The molecule has 0 aliphatic carbocycles. The molecular weight excluding hydrogens is 376 g/mol. The lowest BCUT2D eigenvalue weighted by atomic mass is 10.1. The fraction of sp³-hybridized carbons (Fsp3) is 0.571. The van der Waals surface area contributed by atoms with Crippen molar-refractivity contribution in [3.63, 3.8) is 0 Å². The zero-order valence-corrected chi connectivity index (χ0v) is 17.4. The molecule has 0 spiro atoms. The van der Waals surface area contributed by atoms with E-state index in [1.54, 1.807) is 38.1 Å². The summed E-state index contributed by atoms with van der Waals surface area (Å²) in [5, 5.41) is 2.83. The maximum Gasteiger partial charge on any atom is 0.359 e. The van der Waals surface area contributed by atoms with Gasteiger partial charge in [0.15, 0.2) is 0 Å². The molecule has 0 bridgehead atoms. The van der Waals surface area contributed by atoms with Crippen LogP contribution in [0.15, 0.2) is 24.3 Å². The first-order valence-corrected chi connectivity index (χ1v) is 10.0. The Bertz CT molecular complexity index is 629. The summed E-state index contributed by atoms with van der Waals surface area (Å²) in [7, 11) is 0. The molecule has 0 aliphatic rings. The van der Waals surface area contributed by atoms with Crippen molar-refractivity contribution < 1.29 is 28.6 Å². The Morgan fingerprint density at radius 2 is 1.55 bits per heavy atom. The van der Waals surface area contributed by atoms with Crippen LogP contribution in [0.5, 0.6) is 5.75 Å². The van der Waals surface area contributed by atoms with Crippen LogP contribution in [0.2, 0.25) is 0 Å². The molecule has 0 radical (unpaired) electrons. The van der Waals surface area contributed by atoms with E-state index in [9.17, 15) is 14.4 Å². The van der Waals surface area contributed by atoms with E-state index >= 15 is 0 Å². The molecule has 0 fully saturated rings. The molecule has 1 atom stereocenters. The first-order chi connectivity index (χ1) is 13.9. The molecule has 1 aromatic carbocycles. The Balaban J connectivity index is 2.65. The number of benzene rings is 1. The van der Waals surface area contributed by atoms with Gasteiger partial charge in [-0.2, -0.15) is 0 Å². The van der Waals surface area contributed by atoms with Gasteiger partial charge in [-0.3, -0.25) is 4.79 Å². The number of amides is 1. The van der Waals surface area contributed by atoms with Crippen LogP contribution < -0.4 is 15.8 Å². The first kappa shape index (κ1) is 24.4. The summed E-state index contributed by atoms with van der Waals surface area (Å²) < 4.78 is 15.2. The summed E-state index contributed by atoms with van der Waals surface area (Å²) in [6.07, 6.45) is 1.96. The van der Waals surface area contributed by atoms with Gasteiger partial charge in [0.05, 0.1) is 19.3 Å². The number of nitrogens with two attached hydrogens (primary N) is 1. The molecule has 1 amide bonds. The number of esters is 2. The minimum atomic E-state index is -1.49. The molecule has 0 aliphatic heterocycles. The molecule has 0 unspecified atom stereocenters. The number of carbonyl (C=O) groups excluding carboxylic acids is 3. The summed E-state index contributed by atoms with van der Waals surface area (Å²) in [4.78, 5) is 36.0. The zero-order valence-electron chi connectivity index (χ0n) is 17.4. The van der Waals surface area contributed by atoms with Gasteiger partial charge in [-0.15, -0.1) is 0 Å². The lowest BCUT2D eigenvalue weighted by Crippen LogP contribution is -2.42. The van der Waals surface area contributed by atoms with Crippen LogP contribution >= 0.6 is 0 Å². The molecule has 0 heterocycles. The van der Waals surface area contributed by atoms with E-state index in [1.165, 1.54) is 0 Å². The van der Waals surface area contributed by atoms with Gasteiger partial charge in [0.2, 0.25) is 5.91 Å². The molecule has 8 heteroatoms. The molecule has 0 saturated carbocycles. The quantitative estimate of drug-likeness (QED) is 0.290. The highest BCUT2D eigenvalue weighted by Crippen LogP contribution is 2.16. The Hall–Kier alpha value is -2.61. The van der Waals surface area contributed by atoms with Crippen molar-refractivity contribution in [3.05, 3.63) is 29.8 Å². The van der Waals surface area contributed by atoms with Crippen LogP contribution in [0.25, 0.3) is 0 Å². The lowest BCUT2D eigenvalue weighted by Gasteiger charge is -2.17. The molecule has 29 heavy (non-hydrogen) atoms. The Morgan fingerprint density at radius 1 is 0.966 bits per heavy atom. The van der Waals surface area contributed by atoms with Crippen molar-refractivity contribution in [2.45, 2.75) is 58.6 Å². The number of hydrogen-bond acceptors (Lipinski definition) is 7. The van der Waals surface area contributed by atoms with Gasteiger partial charge in [-0.05, 0) is 44.4 Å². The van der Waals surface area contributed by atoms with E-state index in [0.717, 1.165) is 24.8 Å². The van der Waals surface area contributed by atoms with Crippen molar-refractivity contribution in [2.24, 2.45) is 5.73 Å². The molecule has 0 aromatic heterocycles. The summed E-state index contributed by atoms with van der Waals surface area (Å²) in [6.45, 7) is 6.24. The molecule has 1 rings (SSSR count). The Kier molecular flexibility index (Phi) is 11.4. The summed E-state index contributed by atoms with van der Waals surface area (Å²) in [5.74, 6) is -1.50. The van der Waals surface area contributed by atoms with Gasteiger partial charge in [0, 0.05) is 6.54 Å². The number of nitrogens with one attached hydrogen (secondary N) is 1. The van der Waals surface area contributed by atoms with Crippen LogP contribution in [0.4, 0.5) is 0 Å². The van der Waals surface area contributed by atoms with Crippen molar-refractivity contribution in [3.8, 4) is 5.75 Å². The third kappa shape index (κ3) is 8.95. The molecule has 8 nitrogen and oxygen atoms in total. The second-order valence-electron chi connectivity index (χ2n) is 6.45. The fourth-order valence-electron chi connectivity index (χ4n) is 2.53. The SMILES string of the molecule is CCCCCNC(=O)[C@@H](N)Cc1ccc(OC(C(=O)OCC)C(=O)OCC)cc1. The van der Waals surface area contributed by atoms with Crippen LogP contribution in [0.1, 0.15) is 45.6 Å². The fourth-order valence-corrected chi connectivity index (χ4v) is 2.53. The van der Waals surface area contributed by atoms with Crippen LogP contribution in [-0.4, -0.2) is 49.8 Å². The smallest absolute Gasteiger partial charge is 0.359 e. The van der Waals surface area contributed by atoms with Gasteiger partial charge >= 0.3 is 11.9 Å². The highest BCUT2D eigenvalue weighted by Gasteiger charge is 2.31. The maximum atomic E-state index is 12.0. The van der Waals surface area contributed by atoms with Crippen LogP contribution in [0, 0.1) is 0 Å². The molecule has 0 saturated heterocycles. The van der Waals surface area contributed by atoms with Crippen molar-refractivity contribution in [1.29, 1.82) is 0 Å². The normalized spacial score (nSPS) is 11.6. The highest BCUT2D eigenvalue weighted by atomic mass is 16.6. The standard InChI is InChI=1S/C21H32N2O6/c1-4-7-8-13-23-19(24)17(22)14-15-9-11-16(12-10-15)29-18(20(25)27-5-2)21(26)28-6-3/h9-12,17-18H,4-8,13-14,22H2,1-3H3,(H,23,24)/t17-/m0/s1. The molecule has 1 aromatic rings. The summed E-state index contributed by atoms with van der Waals surface area (Å²) in [6, 6.07) is 6.01. The Labute approximate surface area is 172 Å². The van der Waals surface area contributed by atoms with E-state index < -0.39 is 24.1 Å². The van der Waals surface area contributed by atoms with Crippen LogP contribution in [0.3, 0.4) is 0 Å². The van der Waals surface area contributed by atoms with Gasteiger partial charge in [-0.1, -0.05) is 31.9 Å². The molecule has 3 N–H and O–H groups in total. The average molecular weight is 408 g/mol. The minimum Gasteiger partial charge on any atom is -0.467 e. The average Bonchev–Trinajstić information content (AvgIpc) is 2.70.